The van der Waals surface area contributed by atoms with Crippen molar-refractivity contribution < 1.29 is 13.2 Å². The molecule has 1 N–H and O–H groups in total. The van der Waals surface area contributed by atoms with E-state index in [0.717, 1.165) is 47.8 Å². The van der Waals surface area contributed by atoms with Crippen molar-refractivity contribution in [2.45, 2.75) is 11.8 Å². The Morgan fingerprint density at radius 2 is 1.74 bits per heavy atom. The average molecular weight is 629 g/mol. The Morgan fingerprint density at radius 3 is 2.44 bits per heavy atom. The number of benzene rings is 3. The van der Waals surface area contributed by atoms with Crippen LogP contribution in [0.2, 0.25) is 0 Å². The Balaban J connectivity index is 1.11. The normalized spacial score (nSPS) is 14.5. The zero-order valence-corrected chi connectivity index (χ0v) is 24.8. The summed E-state index contributed by atoms with van der Waals surface area (Å²) in [6, 6.07) is 21.3. The van der Waals surface area contributed by atoms with Gasteiger partial charge in [0.2, 0.25) is 0 Å². The van der Waals surface area contributed by atoms with Gasteiger partial charge in [-0.15, -0.1) is 0 Å². The molecule has 4 aromatic rings. The number of anilines is 2. The molecule has 1 saturated heterocycles. The van der Waals surface area contributed by atoms with Gasteiger partial charge in [0.25, 0.3) is 15.9 Å². The molecule has 8 nitrogen and oxygen atoms in total. The van der Waals surface area contributed by atoms with Gasteiger partial charge < -0.3 is 10.2 Å². The highest BCUT2D eigenvalue weighted by molar-refractivity contribution is 9.10. The number of fused-ring (bicyclic) bond motifs is 1. The largest absolute Gasteiger partial charge is 0.351 e. The molecule has 39 heavy (non-hydrogen) atoms. The average Bonchev–Trinajstić information content (AvgIpc) is 3.37. The van der Waals surface area contributed by atoms with Crippen molar-refractivity contribution in [2.24, 2.45) is 0 Å². The maximum Gasteiger partial charge on any atom is 0.264 e. The topological polar surface area (TPSA) is 85.8 Å². The Bertz CT molecular complexity index is 1540. The maximum absolute atomic E-state index is 13.2. The third kappa shape index (κ3) is 6.27. The SMILES string of the molecule is CCN(c1ccccc1)S(=O)(=O)c1ccc(C(=O)NCCN2CCN(c3nc4ccc(Br)cc4s3)CC2)cc1. The quantitative estimate of drug-likeness (QED) is 0.286. The van der Waals surface area contributed by atoms with Crippen molar-refractivity contribution in [1.29, 1.82) is 0 Å². The summed E-state index contributed by atoms with van der Waals surface area (Å²) in [6.45, 7) is 6.96. The van der Waals surface area contributed by atoms with Crippen molar-refractivity contribution in [3.8, 4) is 0 Å². The highest BCUT2D eigenvalue weighted by Gasteiger charge is 2.24. The number of nitrogens with one attached hydrogen (secondary N) is 1. The molecule has 11 heteroatoms. The first-order valence-electron chi connectivity index (χ1n) is 12.8. The van der Waals surface area contributed by atoms with E-state index in [-0.39, 0.29) is 10.8 Å². The Labute approximate surface area is 241 Å². The molecule has 1 aromatic heterocycles. The molecular formula is C28H30BrN5O3S2. The molecule has 0 saturated carbocycles. The fourth-order valence-corrected chi connectivity index (χ4v) is 7.65. The van der Waals surface area contributed by atoms with Crippen LogP contribution in [0.5, 0.6) is 0 Å². The van der Waals surface area contributed by atoms with Gasteiger partial charge in [-0.25, -0.2) is 13.4 Å². The van der Waals surface area contributed by atoms with Gasteiger partial charge in [0.15, 0.2) is 5.13 Å². The molecule has 0 aliphatic carbocycles. The van der Waals surface area contributed by atoms with E-state index in [2.05, 4.69) is 37.1 Å². The second-order valence-corrected chi connectivity index (χ2v) is 13.0. The highest BCUT2D eigenvalue weighted by Crippen LogP contribution is 2.31. The van der Waals surface area contributed by atoms with Crippen LogP contribution in [-0.2, 0) is 10.0 Å². The number of amides is 1. The molecule has 5 rings (SSSR count). The molecule has 0 bridgehead atoms. The van der Waals surface area contributed by atoms with Crippen LogP contribution in [0.4, 0.5) is 10.8 Å². The minimum atomic E-state index is -3.73. The minimum Gasteiger partial charge on any atom is -0.351 e. The summed E-state index contributed by atoms with van der Waals surface area (Å²) in [6.07, 6.45) is 0. The number of rotatable bonds is 9. The van der Waals surface area contributed by atoms with Crippen molar-refractivity contribution in [3.05, 3.63) is 82.8 Å². The van der Waals surface area contributed by atoms with Crippen molar-refractivity contribution in [2.75, 3.05) is 55.0 Å². The van der Waals surface area contributed by atoms with Crippen LogP contribution in [-0.4, -0.2) is 70.0 Å². The number of para-hydroxylation sites is 1. The predicted octanol–water partition coefficient (Wildman–Crippen LogP) is 4.83. The van der Waals surface area contributed by atoms with Crippen LogP contribution in [0.25, 0.3) is 10.2 Å². The molecule has 3 aromatic carbocycles. The van der Waals surface area contributed by atoms with Gasteiger partial charge in [-0.1, -0.05) is 45.5 Å². The zero-order valence-electron chi connectivity index (χ0n) is 21.6. The summed E-state index contributed by atoms with van der Waals surface area (Å²) in [7, 11) is -3.73. The lowest BCUT2D eigenvalue weighted by atomic mass is 10.2. The minimum absolute atomic E-state index is 0.156. The van der Waals surface area contributed by atoms with Gasteiger partial charge in [0, 0.05) is 55.8 Å². The van der Waals surface area contributed by atoms with Crippen LogP contribution >= 0.6 is 27.3 Å². The summed E-state index contributed by atoms with van der Waals surface area (Å²) in [4.78, 5) is 22.3. The number of halogens is 1. The summed E-state index contributed by atoms with van der Waals surface area (Å²) >= 11 is 5.24. The number of carbonyl (C=O) groups excluding carboxylic acids is 1. The van der Waals surface area contributed by atoms with Crippen LogP contribution in [0.15, 0.2) is 82.2 Å². The fourth-order valence-electron chi connectivity index (χ4n) is 4.61. The number of aromatic nitrogens is 1. The second-order valence-electron chi connectivity index (χ2n) is 9.22. The van der Waals surface area contributed by atoms with Gasteiger partial charge in [-0.3, -0.25) is 14.0 Å². The monoisotopic (exact) mass is 627 g/mol. The zero-order chi connectivity index (χ0) is 27.4. The summed E-state index contributed by atoms with van der Waals surface area (Å²) in [5.41, 5.74) is 2.06. The lowest BCUT2D eigenvalue weighted by molar-refractivity contribution is 0.0947. The molecule has 204 valence electrons. The van der Waals surface area contributed by atoms with E-state index in [9.17, 15) is 13.2 Å². The lowest BCUT2D eigenvalue weighted by Crippen LogP contribution is -2.48. The number of hydrogen-bond acceptors (Lipinski definition) is 7. The van der Waals surface area contributed by atoms with E-state index in [1.165, 1.54) is 21.1 Å². The van der Waals surface area contributed by atoms with Gasteiger partial charge in [-0.2, -0.15) is 0 Å². The number of sulfonamides is 1. The van der Waals surface area contributed by atoms with E-state index < -0.39 is 10.0 Å². The summed E-state index contributed by atoms with van der Waals surface area (Å²) < 4.78 is 29.9. The van der Waals surface area contributed by atoms with Crippen LogP contribution < -0.4 is 14.5 Å². The molecule has 1 aliphatic rings. The molecule has 1 aliphatic heterocycles. The highest BCUT2D eigenvalue weighted by atomic mass is 79.9. The molecule has 1 amide bonds. The van der Waals surface area contributed by atoms with E-state index >= 15 is 0 Å². The number of piperazine rings is 1. The first kappa shape index (κ1) is 27.6. The summed E-state index contributed by atoms with van der Waals surface area (Å²) in [5, 5.41) is 4.01. The second kappa shape index (κ2) is 12.0. The van der Waals surface area contributed by atoms with E-state index in [4.69, 9.17) is 4.98 Å². The molecule has 0 spiro atoms. The van der Waals surface area contributed by atoms with Gasteiger partial charge in [0.05, 0.1) is 20.8 Å². The van der Waals surface area contributed by atoms with Crippen molar-refractivity contribution >= 4 is 64.2 Å². The van der Waals surface area contributed by atoms with Gasteiger partial charge in [0.1, 0.15) is 0 Å². The Morgan fingerprint density at radius 1 is 1.03 bits per heavy atom. The maximum atomic E-state index is 13.2. The smallest absolute Gasteiger partial charge is 0.264 e. The first-order valence-corrected chi connectivity index (χ1v) is 15.9. The molecule has 1 fully saturated rings. The van der Waals surface area contributed by atoms with Crippen LogP contribution in [0.3, 0.4) is 0 Å². The van der Waals surface area contributed by atoms with Crippen LogP contribution in [0, 0.1) is 0 Å². The first-order chi connectivity index (χ1) is 18.8. The third-order valence-electron chi connectivity index (χ3n) is 6.73. The van der Waals surface area contributed by atoms with Gasteiger partial charge >= 0.3 is 0 Å². The van der Waals surface area contributed by atoms with Crippen LogP contribution in [0.1, 0.15) is 17.3 Å². The molecule has 0 unspecified atom stereocenters. The van der Waals surface area contributed by atoms with Crippen molar-refractivity contribution in [3.63, 3.8) is 0 Å². The standard InChI is InChI=1S/C28H30BrN5O3S2/c1-2-34(23-6-4-3-5-7-23)39(36,37)24-11-8-21(9-12-24)27(35)30-14-15-32-16-18-33(19-17-32)28-31-25-13-10-22(29)20-26(25)38-28/h3-13,20H,2,14-19H2,1H3,(H,30,35). The molecule has 0 atom stereocenters. The van der Waals surface area contributed by atoms with Gasteiger partial charge in [-0.05, 0) is 61.5 Å². The Hall–Kier alpha value is -2.99. The van der Waals surface area contributed by atoms with E-state index in [1.54, 1.807) is 42.5 Å². The molecular weight excluding hydrogens is 598 g/mol. The number of hydrogen-bond donors (Lipinski definition) is 1. The fraction of sp³-hybridized carbons (Fsp3) is 0.286. The molecule has 2 heterocycles. The van der Waals surface area contributed by atoms with E-state index in [1.807, 2.05) is 30.3 Å². The number of thiazole rings is 1. The van der Waals surface area contributed by atoms with Crippen molar-refractivity contribution in [1.82, 2.24) is 15.2 Å². The predicted molar refractivity (Wildman–Crippen MR) is 161 cm³/mol. The Kier molecular flexibility index (Phi) is 8.51. The lowest BCUT2D eigenvalue weighted by Gasteiger charge is -2.34. The number of nitrogens with zero attached hydrogens (tertiary/aromatic N) is 4. The van der Waals surface area contributed by atoms with E-state index in [0.29, 0.717) is 24.3 Å². The summed E-state index contributed by atoms with van der Waals surface area (Å²) in [5.74, 6) is -0.214. The number of carbonyl (C=O) groups is 1. The molecule has 0 radical (unpaired) electrons. The third-order valence-corrected chi connectivity index (χ3v) is 10.2.